The van der Waals surface area contributed by atoms with E-state index in [1.54, 1.807) is 0 Å². The van der Waals surface area contributed by atoms with E-state index < -0.39 is 0 Å². The Morgan fingerprint density at radius 2 is 1.91 bits per heavy atom. The molecule has 0 aromatic carbocycles. The quantitative estimate of drug-likeness (QED) is 0.859. The molecule has 0 spiro atoms. The molecule has 0 radical (unpaired) electrons. The van der Waals surface area contributed by atoms with E-state index in [-0.39, 0.29) is 5.91 Å². The lowest BCUT2D eigenvalue weighted by Crippen LogP contribution is -2.41. The van der Waals surface area contributed by atoms with E-state index in [1.807, 2.05) is 11.8 Å². The normalized spacial score (nSPS) is 21.2. The zero-order chi connectivity index (χ0) is 15.5. The molecule has 0 saturated carbocycles. The van der Waals surface area contributed by atoms with Gasteiger partial charge < -0.3 is 14.6 Å². The van der Waals surface area contributed by atoms with E-state index in [4.69, 9.17) is 17.0 Å². The van der Waals surface area contributed by atoms with Crippen molar-refractivity contribution in [3.05, 3.63) is 14.5 Å². The highest BCUT2D eigenvalue weighted by atomic mass is 32.1. The summed E-state index contributed by atoms with van der Waals surface area (Å²) < 4.78 is 6.22. The molecule has 6 heteroatoms. The van der Waals surface area contributed by atoms with E-state index in [0.29, 0.717) is 6.42 Å². The average molecular weight is 341 g/mol. The minimum absolute atomic E-state index is 0.249. The number of hydrogen-bond donors (Lipinski definition) is 1. The van der Waals surface area contributed by atoms with Gasteiger partial charge in [-0.3, -0.25) is 4.79 Å². The number of carbonyl (C=O) groups is 1. The van der Waals surface area contributed by atoms with Crippen molar-refractivity contribution in [3.63, 3.8) is 0 Å². The number of piperidine rings is 1. The number of hydrogen-bond acceptors (Lipinski definition) is 4. The first-order chi connectivity index (χ1) is 10.6. The summed E-state index contributed by atoms with van der Waals surface area (Å²) >= 11 is 6.67. The zero-order valence-corrected chi connectivity index (χ0v) is 14.7. The molecule has 2 aliphatic heterocycles. The summed E-state index contributed by atoms with van der Waals surface area (Å²) in [4.78, 5) is 18.7. The lowest BCUT2D eigenvalue weighted by atomic mass is 9.80. The highest BCUT2D eigenvalue weighted by molar-refractivity contribution is 7.73. The van der Waals surface area contributed by atoms with Crippen LogP contribution in [0.5, 0.6) is 0 Å². The van der Waals surface area contributed by atoms with Gasteiger partial charge in [0.05, 0.1) is 6.42 Å². The summed E-state index contributed by atoms with van der Waals surface area (Å²) in [6, 6.07) is 0. The van der Waals surface area contributed by atoms with Crippen LogP contribution in [0.2, 0.25) is 0 Å². The minimum atomic E-state index is 0.249. The fourth-order valence-electron chi connectivity index (χ4n) is 3.66. The smallest absolute Gasteiger partial charge is 0.227 e. The number of carbonyl (C=O) groups excluding carboxylic acids is 1. The molecule has 1 aromatic rings. The molecule has 1 amide bonds. The van der Waals surface area contributed by atoms with Gasteiger partial charge in [-0.1, -0.05) is 0 Å². The maximum absolute atomic E-state index is 12.5. The molecule has 2 saturated heterocycles. The minimum Gasteiger partial charge on any atom is -0.381 e. The number of aromatic amines is 1. The molecule has 22 heavy (non-hydrogen) atoms. The van der Waals surface area contributed by atoms with Crippen LogP contribution in [0.25, 0.3) is 0 Å². The van der Waals surface area contributed by atoms with Crippen molar-refractivity contribution in [1.29, 1.82) is 0 Å². The van der Waals surface area contributed by atoms with Gasteiger partial charge in [0.15, 0.2) is 3.95 Å². The number of aryl methyl sites for hydroxylation is 1. The molecular formula is C16H24N2O2S2. The standard InChI is InChI=1S/C16H24N2O2S2/c1-11-14(22-16(21)17-11)10-15(19)18-6-2-12(3-7-18)13-4-8-20-9-5-13/h12-13H,2-10H2,1H3,(H,17,21). The molecule has 2 aliphatic rings. The molecule has 0 unspecified atom stereocenters. The fraction of sp³-hybridized carbons (Fsp3) is 0.750. The third-order valence-corrected chi connectivity index (χ3v) is 6.40. The van der Waals surface area contributed by atoms with Crippen molar-refractivity contribution in [2.75, 3.05) is 26.3 Å². The first-order valence-corrected chi connectivity index (χ1v) is 9.40. The summed E-state index contributed by atoms with van der Waals surface area (Å²) in [6.07, 6.45) is 5.19. The van der Waals surface area contributed by atoms with Crippen LogP contribution < -0.4 is 0 Å². The Hall–Kier alpha value is -0.720. The fourth-order valence-corrected chi connectivity index (χ4v) is 4.94. The highest BCUT2D eigenvalue weighted by Gasteiger charge is 2.29. The van der Waals surface area contributed by atoms with Crippen molar-refractivity contribution in [2.45, 2.75) is 39.0 Å². The van der Waals surface area contributed by atoms with Crippen molar-refractivity contribution in [2.24, 2.45) is 11.8 Å². The molecule has 3 rings (SSSR count). The lowest BCUT2D eigenvalue weighted by molar-refractivity contribution is -0.132. The molecule has 1 N–H and O–H groups in total. The first kappa shape index (κ1) is 16.1. The molecule has 1 aromatic heterocycles. The Morgan fingerprint density at radius 3 is 2.50 bits per heavy atom. The second kappa shape index (κ2) is 7.23. The lowest BCUT2D eigenvalue weighted by Gasteiger charge is -2.37. The average Bonchev–Trinajstić information content (AvgIpc) is 2.86. The Bertz CT molecular complexity index is 567. The topological polar surface area (TPSA) is 45.3 Å². The number of ether oxygens (including phenoxy) is 1. The number of H-pyrrole nitrogens is 1. The molecular weight excluding hydrogens is 316 g/mol. The van der Waals surface area contributed by atoms with E-state index >= 15 is 0 Å². The second-order valence-electron chi connectivity index (χ2n) is 6.41. The van der Waals surface area contributed by atoms with E-state index in [0.717, 1.165) is 65.5 Å². The van der Waals surface area contributed by atoms with Gasteiger partial charge in [0.25, 0.3) is 0 Å². The van der Waals surface area contributed by atoms with Gasteiger partial charge in [-0.25, -0.2) is 0 Å². The van der Waals surface area contributed by atoms with Crippen LogP contribution in [0.1, 0.15) is 36.3 Å². The van der Waals surface area contributed by atoms with Gasteiger partial charge >= 0.3 is 0 Å². The van der Waals surface area contributed by atoms with Crippen LogP contribution in [0.3, 0.4) is 0 Å². The van der Waals surface area contributed by atoms with Gasteiger partial charge in [0, 0.05) is 36.9 Å². The monoisotopic (exact) mass is 340 g/mol. The highest BCUT2D eigenvalue weighted by Crippen LogP contribution is 2.32. The van der Waals surface area contributed by atoms with E-state index in [2.05, 4.69) is 4.98 Å². The van der Waals surface area contributed by atoms with Crippen molar-refractivity contribution < 1.29 is 9.53 Å². The number of aromatic nitrogens is 1. The second-order valence-corrected chi connectivity index (χ2v) is 8.18. The summed E-state index contributed by atoms with van der Waals surface area (Å²) in [7, 11) is 0. The van der Waals surface area contributed by atoms with E-state index in [1.165, 1.54) is 24.2 Å². The third-order valence-electron chi connectivity index (χ3n) is 5.06. The Balaban J connectivity index is 1.51. The van der Waals surface area contributed by atoms with Crippen LogP contribution in [0, 0.1) is 22.7 Å². The number of amides is 1. The molecule has 0 atom stereocenters. The summed E-state index contributed by atoms with van der Waals surface area (Å²) in [6.45, 7) is 5.65. The van der Waals surface area contributed by atoms with Crippen LogP contribution in [-0.4, -0.2) is 42.1 Å². The molecule has 2 fully saturated rings. The van der Waals surface area contributed by atoms with Crippen LogP contribution >= 0.6 is 23.6 Å². The number of nitrogens with one attached hydrogen (secondary N) is 1. The van der Waals surface area contributed by atoms with Gasteiger partial charge in [-0.05, 0) is 56.7 Å². The van der Waals surface area contributed by atoms with Gasteiger partial charge in [0.2, 0.25) is 5.91 Å². The third kappa shape index (κ3) is 3.78. The largest absolute Gasteiger partial charge is 0.381 e. The number of likely N-dealkylation sites (tertiary alicyclic amines) is 1. The van der Waals surface area contributed by atoms with Crippen LogP contribution in [0.4, 0.5) is 0 Å². The van der Waals surface area contributed by atoms with Crippen molar-refractivity contribution >= 4 is 29.5 Å². The summed E-state index contributed by atoms with van der Waals surface area (Å²) in [5, 5.41) is 0. The van der Waals surface area contributed by atoms with Crippen LogP contribution in [0.15, 0.2) is 0 Å². The summed E-state index contributed by atoms with van der Waals surface area (Å²) in [5.41, 5.74) is 1.04. The molecule has 4 nitrogen and oxygen atoms in total. The maximum atomic E-state index is 12.5. The zero-order valence-electron chi connectivity index (χ0n) is 13.1. The first-order valence-electron chi connectivity index (χ1n) is 8.17. The van der Waals surface area contributed by atoms with E-state index in [9.17, 15) is 4.79 Å². The Kier molecular flexibility index (Phi) is 5.31. The predicted octanol–water partition coefficient (Wildman–Crippen LogP) is 3.32. The predicted molar refractivity (Wildman–Crippen MR) is 90.8 cm³/mol. The number of thiazole rings is 1. The SMILES string of the molecule is Cc1[nH]c(=S)sc1CC(=O)N1CCC(C2CCOCC2)CC1. The molecule has 0 bridgehead atoms. The maximum Gasteiger partial charge on any atom is 0.227 e. The van der Waals surface area contributed by atoms with Crippen molar-refractivity contribution in [1.82, 2.24) is 9.88 Å². The van der Waals surface area contributed by atoms with Gasteiger partial charge in [0.1, 0.15) is 0 Å². The molecule has 122 valence electrons. The number of rotatable bonds is 3. The van der Waals surface area contributed by atoms with Crippen LogP contribution in [-0.2, 0) is 16.0 Å². The summed E-state index contributed by atoms with van der Waals surface area (Å²) in [5.74, 6) is 1.84. The number of nitrogens with zero attached hydrogens (tertiary/aromatic N) is 1. The Morgan fingerprint density at radius 1 is 1.27 bits per heavy atom. The van der Waals surface area contributed by atoms with Crippen molar-refractivity contribution in [3.8, 4) is 0 Å². The van der Waals surface area contributed by atoms with Gasteiger partial charge in [-0.2, -0.15) is 0 Å². The van der Waals surface area contributed by atoms with Gasteiger partial charge in [-0.15, -0.1) is 11.3 Å². The molecule has 0 aliphatic carbocycles. The molecule has 3 heterocycles. The Labute approximate surface area is 140 Å².